The lowest BCUT2D eigenvalue weighted by atomic mass is 10.1. The summed E-state index contributed by atoms with van der Waals surface area (Å²) in [7, 11) is 0. The van der Waals surface area contributed by atoms with Crippen LogP contribution in [0.25, 0.3) is 11.1 Å². The summed E-state index contributed by atoms with van der Waals surface area (Å²) in [6, 6.07) is 16.5. The third kappa shape index (κ3) is 4.58. The average Bonchev–Trinajstić information content (AvgIpc) is 3.03. The van der Waals surface area contributed by atoms with E-state index in [2.05, 4.69) is 52.7 Å². The first-order chi connectivity index (χ1) is 14.1. The number of nitrogens with zero attached hydrogens (tertiary/aromatic N) is 3. The lowest BCUT2D eigenvalue weighted by molar-refractivity contribution is 0.00982. The fourth-order valence-electron chi connectivity index (χ4n) is 4.14. The molecular formula is C24H29N3O2. The van der Waals surface area contributed by atoms with Crippen molar-refractivity contribution in [1.29, 1.82) is 0 Å². The maximum atomic E-state index is 10.4. The smallest absolute Gasteiger partial charge is 0.144 e. The molecule has 4 rings (SSSR count). The molecular weight excluding hydrogens is 362 g/mol. The molecule has 29 heavy (non-hydrogen) atoms. The molecule has 2 aliphatic rings. The molecule has 0 saturated carbocycles. The SMILES string of the molecule is C=C(C)CN1CCN(C[C@H](O)CON=C2c3ccccc3-c3ccccc32)CC1. The van der Waals surface area contributed by atoms with Crippen LogP contribution < -0.4 is 0 Å². The Bertz CT molecular complexity index is 853. The van der Waals surface area contributed by atoms with Crippen molar-refractivity contribution in [2.24, 2.45) is 5.16 Å². The van der Waals surface area contributed by atoms with Crippen LogP contribution in [0, 0.1) is 0 Å². The third-order valence-electron chi connectivity index (χ3n) is 5.50. The third-order valence-corrected chi connectivity index (χ3v) is 5.50. The molecule has 1 heterocycles. The molecule has 5 nitrogen and oxygen atoms in total. The van der Waals surface area contributed by atoms with Gasteiger partial charge in [0.15, 0.2) is 0 Å². The zero-order valence-corrected chi connectivity index (χ0v) is 17.1. The zero-order chi connectivity index (χ0) is 20.2. The Morgan fingerprint density at radius 2 is 1.48 bits per heavy atom. The Balaban J connectivity index is 1.32. The normalized spacial score (nSPS) is 17.5. The standard InChI is InChI=1S/C24H29N3O2/c1-18(2)15-26-11-13-27(14-12-26)16-19(28)17-29-25-24-22-9-5-3-7-20(22)21-8-4-6-10-23(21)24/h3-10,19,28H,1,11-17H2,2H3/t19-/m0/s1. The van der Waals surface area contributed by atoms with Gasteiger partial charge < -0.3 is 9.94 Å². The van der Waals surface area contributed by atoms with Gasteiger partial charge in [-0.2, -0.15) is 0 Å². The summed E-state index contributed by atoms with van der Waals surface area (Å²) < 4.78 is 0. The van der Waals surface area contributed by atoms with E-state index in [4.69, 9.17) is 4.84 Å². The molecule has 0 radical (unpaired) electrons. The molecule has 1 N–H and O–H groups in total. The summed E-state index contributed by atoms with van der Waals surface area (Å²) >= 11 is 0. The van der Waals surface area contributed by atoms with Gasteiger partial charge >= 0.3 is 0 Å². The molecule has 1 atom stereocenters. The van der Waals surface area contributed by atoms with E-state index in [9.17, 15) is 5.11 Å². The molecule has 5 heteroatoms. The maximum absolute atomic E-state index is 10.4. The van der Waals surface area contributed by atoms with Crippen molar-refractivity contribution >= 4 is 5.71 Å². The van der Waals surface area contributed by atoms with Crippen LogP contribution in [-0.2, 0) is 4.84 Å². The van der Waals surface area contributed by atoms with Crippen LogP contribution in [0.5, 0.6) is 0 Å². The van der Waals surface area contributed by atoms with Crippen LogP contribution in [-0.4, -0.2) is 72.6 Å². The molecule has 2 aromatic rings. The monoisotopic (exact) mass is 391 g/mol. The Hall–Kier alpha value is -2.47. The zero-order valence-electron chi connectivity index (χ0n) is 17.1. The quantitative estimate of drug-likeness (QED) is 0.497. The van der Waals surface area contributed by atoms with Crippen LogP contribution >= 0.6 is 0 Å². The molecule has 2 aromatic carbocycles. The molecule has 0 amide bonds. The van der Waals surface area contributed by atoms with Gasteiger partial charge in [0, 0.05) is 50.4 Å². The van der Waals surface area contributed by atoms with E-state index < -0.39 is 6.10 Å². The highest BCUT2D eigenvalue weighted by molar-refractivity contribution is 6.24. The highest BCUT2D eigenvalue weighted by Gasteiger charge is 2.25. The predicted molar refractivity (Wildman–Crippen MR) is 117 cm³/mol. The van der Waals surface area contributed by atoms with Crippen molar-refractivity contribution in [3.05, 3.63) is 71.8 Å². The van der Waals surface area contributed by atoms with Crippen LogP contribution in [0.3, 0.4) is 0 Å². The largest absolute Gasteiger partial charge is 0.392 e. The number of benzene rings is 2. The predicted octanol–water partition coefficient (Wildman–Crippen LogP) is 2.99. The number of piperazine rings is 1. The summed E-state index contributed by atoms with van der Waals surface area (Å²) in [5.41, 5.74) is 6.56. The van der Waals surface area contributed by atoms with Crippen molar-refractivity contribution in [2.45, 2.75) is 13.0 Å². The molecule has 0 spiro atoms. The number of oxime groups is 1. The first-order valence-corrected chi connectivity index (χ1v) is 10.3. The topological polar surface area (TPSA) is 48.3 Å². The molecule has 1 saturated heterocycles. The van der Waals surface area contributed by atoms with Gasteiger partial charge in [0.25, 0.3) is 0 Å². The second kappa shape index (κ2) is 8.91. The van der Waals surface area contributed by atoms with Crippen LogP contribution in [0.1, 0.15) is 18.1 Å². The van der Waals surface area contributed by atoms with Crippen molar-refractivity contribution < 1.29 is 9.94 Å². The fourth-order valence-corrected chi connectivity index (χ4v) is 4.14. The number of rotatable bonds is 7. The van der Waals surface area contributed by atoms with E-state index in [0.29, 0.717) is 6.54 Å². The minimum atomic E-state index is -0.557. The number of aliphatic hydroxyl groups excluding tert-OH is 1. The number of aliphatic hydroxyl groups is 1. The van der Waals surface area contributed by atoms with Gasteiger partial charge in [-0.05, 0) is 18.1 Å². The second-order valence-corrected chi connectivity index (χ2v) is 8.01. The highest BCUT2D eigenvalue weighted by Crippen LogP contribution is 2.36. The van der Waals surface area contributed by atoms with Crippen molar-refractivity contribution in [3.8, 4) is 11.1 Å². The van der Waals surface area contributed by atoms with Gasteiger partial charge in [0.05, 0.1) is 0 Å². The molecule has 0 bridgehead atoms. The van der Waals surface area contributed by atoms with Gasteiger partial charge in [-0.15, -0.1) is 0 Å². The number of β-amino-alcohol motifs (C(OH)–C–C–N with tert-alkyl or cyclic N) is 1. The molecule has 152 valence electrons. The van der Waals surface area contributed by atoms with Gasteiger partial charge in [0.1, 0.15) is 18.4 Å². The molecule has 1 aliphatic heterocycles. The van der Waals surface area contributed by atoms with E-state index in [1.165, 1.54) is 16.7 Å². The average molecular weight is 392 g/mol. The summed E-state index contributed by atoms with van der Waals surface area (Å²) in [4.78, 5) is 10.3. The number of hydrogen-bond acceptors (Lipinski definition) is 5. The van der Waals surface area contributed by atoms with Crippen LogP contribution in [0.4, 0.5) is 0 Å². The second-order valence-electron chi connectivity index (χ2n) is 8.01. The van der Waals surface area contributed by atoms with E-state index in [1.54, 1.807) is 0 Å². The molecule has 0 unspecified atom stereocenters. The first kappa shape index (κ1) is 19.8. The Labute approximate surface area is 172 Å². The van der Waals surface area contributed by atoms with Crippen LogP contribution in [0.2, 0.25) is 0 Å². The highest BCUT2D eigenvalue weighted by atomic mass is 16.6. The summed E-state index contributed by atoms with van der Waals surface area (Å²) in [5, 5.41) is 14.8. The number of fused-ring (bicyclic) bond motifs is 3. The van der Waals surface area contributed by atoms with Gasteiger partial charge in [0.2, 0.25) is 0 Å². The van der Waals surface area contributed by atoms with E-state index in [-0.39, 0.29) is 6.61 Å². The summed E-state index contributed by atoms with van der Waals surface area (Å²) in [6.07, 6.45) is -0.557. The Morgan fingerprint density at radius 3 is 2.03 bits per heavy atom. The number of hydrogen-bond donors (Lipinski definition) is 1. The minimum Gasteiger partial charge on any atom is -0.392 e. The first-order valence-electron chi connectivity index (χ1n) is 10.3. The van der Waals surface area contributed by atoms with Crippen LogP contribution in [0.15, 0.2) is 65.8 Å². The fraction of sp³-hybridized carbons (Fsp3) is 0.375. The molecule has 1 fully saturated rings. The van der Waals surface area contributed by atoms with E-state index in [1.807, 2.05) is 24.3 Å². The van der Waals surface area contributed by atoms with Crippen molar-refractivity contribution in [1.82, 2.24) is 9.80 Å². The maximum Gasteiger partial charge on any atom is 0.144 e. The Morgan fingerprint density at radius 1 is 0.966 bits per heavy atom. The lowest BCUT2D eigenvalue weighted by Crippen LogP contribution is -2.49. The summed E-state index contributed by atoms with van der Waals surface area (Å²) in [5.74, 6) is 0. The molecule has 0 aromatic heterocycles. The molecule has 1 aliphatic carbocycles. The van der Waals surface area contributed by atoms with Gasteiger partial charge in [-0.25, -0.2) is 0 Å². The van der Waals surface area contributed by atoms with Gasteiger partial charge in [-0.3, -0.25) is 9.80 Å². The van der Waals surface area contributed by atoms with Crippen molar-refractivity contribution in [2.75, 3.05) is 45.9 Å². The Kier molecular flexibility index (Phi) is 6.09. The lowest BCUT2D eigenvalue weighted by Gasteiger charge is -2.35. The minimum absolute atomic E-state index is 0.194. The van der Waals surface area contributed by atoms with Crippen molar-refractivity contribution in [3.63, 3.8) is 0 Å². The summed E-state index contributed by atoms with van der Waals surface area (Å²) in [6.45, 7) is 11.8. The van der Waals surface area contributed by atoms with E-state index >= 15 is 0 Å². The van der Waals surface area contributed by atoms with E-state index in [0.717, 1.165) is 49.6 Å². The van der Waals surface area contributed by atoms with Gasteiger partial charge in [-0.1, -0.05) is 65.8 Å².